The van der Waals surface area contributed by atoms with Crippen LogP contribution in [-0.2, 0) is 4.79 Å². The van der Waals surface area contributed by atoms with Crippen LogP contribution in [0.3, 0.4) is 0 Å². The third kappa shape index (κ3) is 2.80. The third-order valence-corrected chi connectivity index (χ3v) is 3.61. The summed E-state index contributed by atoms with van der Waals surface area (Å²) >= 11 is 5.49. The molecule has 5 heteroatoms. The van der Waals surface area contributed by atoms with Gasteiger partial charge in [-0.3, -0.25) is 4.79 Å². The second-order valence-corrected chi connectivity index (χ2v) is 4.73. The number of carbonyl (C=O) groups excluding carboxylic acids is 1. The maximum atomic E-state index is 13.1. The van der Waals surface area contributed by atoms with Gasteiger partial charge in [-0.05, 0) is 36.5 Å². The number of nitrogens with zero attached hydrogens (tertiary/aromatic N) is 1. The fourth-order valence-corrected chi connectivity index (χ4v) is 2.48. The number of alkyl halides is 1. The predicted molar refractivity (Wildman–Crippen MR) is 65.6 cm³/mol. The number of hydrogen-bond donors (Lipinski definition) is 0. The smallest absolute Gasteiger partial charge is 0.237 e. The van der Waals surface area contributed by atoms with Gasteiger partial charge in [0.25, 0.3) is 0 Å². The highest BCUT2D eigenvalue weighted by atomic mass is 35.5. The van der Waals surface area contributed by atoms with Gasteiger partial charge in [0.15, 0.2) is 11.6 Å². The highest BCUT2D eigenvalue weighted by Gasteiger charge is 2.23. The molecular formula is C13H14ClF2NO. The Morgan fingerprint density at radius 3 is 2.50 bits per heavy atom. The molecule has 18 heavy (non-hydrogen) atoms. The fraction of sp³-hybridized carbons (Fsp3) is 0.462. The van der Waals surface area contributed by atoms with Gasteiger partial charge in [-0.25, -0.2) is 8.78 Å². The Bertz CT molecular complexity index is 445. The number of rotatable bonds is 2. The number of hydrogen-bond acceptors (Lipinski definition) is 1. The Balaban J connectivity index is 2.01. The van der Waals surface area contributed by atoms with Crippen LogP contribution in [-0.4, -0.2) is 29.8 Å². The van der Waals surface area contributed by atoms with Gasteiger partial charge in [0.1, 0.15) is 5.88 Å². The summed E-state index contributed by atoms with van der Waals surface area (Å²) in [6.45, 7) is 1.24. The van der Waals surface area contributed by atoms with Gasteiger partial charge in [-0.1, -0.05) is 6.07 Å². The standard InChI is InChI=1S/C13H14ClF2NO/c14-8-13(18)17-5-3-9(4-6-17)10-1-2-11(15)12(16)7-10/h1-2,7,9H,3-6,8H2. The Hall–Kier alpha value is -1.16. The van der Waals surface area contributed by atoms with E-state index in [0.717, 1.165) is 24.5 Å². The average Bonchev–Trinajstić information content (AvgIpc) is 2.41. The summed E-state index contributed by atoms with van der Waals surface area (Å²) in [6, 6.07) is 4.02. The lowest BCUT2D eigenvalue weighted by Crippen LogP contribution is -2.38. The van der Waals surface area contributed by atoms with E-state index in [1.807, 2.05) is 0 Å². The molecule has 0 N–H and O–H groups in total. The second kappa shape index (κ2) is 5.65. The van der Waals surface area contributed by atoms with Crippen molar-refractivity contribution in [2.45, 2.75) is 18.8 Å². The van der Waals surface area contributed by atoms with Gasteiger partial charge >= 0.3 is 0 Å². The lowest BCUT2D eigenvalue weighted by atomic mass is 9.89. The summed E-state index contributed by atoms with van der Waals surface area (Å²) in [7, 11) is 0. The van der Waals surface area contributed by atoms with E-state index in [-0.39, 0.29) is 17.7 Å². The molecule has 1 aromatic carbocycles. The average molecular weight is 274 g/mol. The second-order valence-electron chi connectivity index (χ2n) is 4.46. The minimum atomic E-state index is -0.825. The normalized spacial score (nSPS) is 16.9. The van der Waals surface area contributed by atoms with E-state index in [1.165, 1.54) is 6.07 Å². The van der Waals surface area contributed by atoms with Crippen molar-refractivity contribution in [3.8, 4) is 0 Å². The number of benzene rings is 1. The minimum absolute atomic E-state index is 0.00412. The Morgan fingerprint density at radius 1 is 1.28 bits per heavy atom. The number of amides is 1. The number of halogens is 3. The molecule has 1 amide bonds. The fourth-order valence-electron chi connectivity index (χ4n) is 2.31. The highest BCUT2D eigenvalue weighted by molar-refractivity contribution is 6.27. The molecule has 98 valence electrons. The molecule has 1 aromatic rings. The first-order valence-electron chi connectivity index (χ1n) is 5.90. The van der Waals surface area contributed by atoms with Gasteiger partial charge in [0.2, 0.25) is 5.91 Å². The Labute approximate surface area is 110 Å². The van der Waals surface area contributed by atoms with Crippen molar-refractivity contribution >= 4 is 17.5 Å². The summed E-state index contributed by atoms with van der Waals surface area (Å²) in [5.74, 6) is -1.53. The van der Waals surface area contributed by atoms with Crippen molar-refractivity contribution in [3.63, 3.8) is 0 Å². The van der Waals surface area contributed by atoms with Crippen molar-refractivity contribution in [1.82, 2.24) is 4.90 Å². The van der Waals surface area contributed by atoms with Crippen LogP contribution in [0.1, 0.15) is 24.3 Å². The first kappa shape index (κ1) is 13.3. The minimum Gasteiger partial charge on any atom is -0.342 e. The van der Waals surface area contributed by atoms with Crippen LogP contribution in [0.25, 0.3) is 0 Å². The Kier molecular flexibility index (Phi) is 4.17. The first-order chi connectivity index (χ1) is 8.61. The molecule has 0 bridgehead atoms. The topological polar surface area (TPSA) is 20.3 Å². The van der Waals surface area contributed by atoms with Crippen LogP contribution in [0.2, 0.25) is 0 Å². The molecule has 1 fully saturated rings. The third-order valence-electron chi connectivity index (χ3n) is 3.38. The molecule has 1 saturated heterocycles. The van der Waals surface area contributed by atoms with Crippen molar-refractivity contribution < 1.29 is 13.6 Å². The maximum Gasteiger partial charge on any atom is 0.237 e. The van der Waals surface area contributed by atoms with E-state index in [2.05, 4.69) is 0 Å². The molecule has 1 heterocycles. The van der Waals surface area contributed by atoms with E-state index < -0.39 is 11.6 Å². The lowest BCUT2D eigenvalue weighted by Gasteiger charge is -2.31. The Morgan fingerprint density at radius 2 is 1.94 bits per heavy atom. The molecule has 0 aliphatic carbocycles. The van der Waals surface area contributed by atoms with Crippen LogP contribution in [0.4, 0.5) is 8.78 Å². The molecule has 0 spiro atoms. The van der Waals surface area contributed by atoms with Crippen molar-refractivity contribution in [2.24, 2.45) is 0 Å². The van der Waals surface area contributed by atoms with Crippen molar-refractivity contribution in [2.75, 3.05) is 19.0 Å². The summed E-state index contributed by atoms with van der Waals surface area (Å²) in [5.41, 5.74) is 0.798. The zero-order valence-corrected chi connectivity index (χ0v) is 10.6. The number of piperidine rings is 1. The molecule has 2 nitrogen and oxygen atoms in total. The van der Waals surface area contributed by atoms with Gasteiger partial charge < -0.3 is 4.90 Å². The summed E-state index contributed by atoms with van der Waals surface area (Å²) in [4.78, 5) is 13.1. The van der Waals surface area contributed by atoms with Crippen LogP contribution >= 0.6 is 11.6 Å². The molecule has 0 unspecified atom stereocenters. The summed E-state index contributed by atoms with van der Waals surface area (Å²) in [5, 5.41) is 0. The van der Waals surface area contributed by atoms with Gasteiger partial charge in [-0.15, -0.1) is 11.6 Å². The van der Waals surface area contributed by atoms with Crippen LogP contribution in [0.15, 0.2) is 18.2 Å². The van der Waals surface area contributed by atoms with E-state index >= 15 is 0 Å². The molecule has 0 atom stereocenters. The zero-order chi connectivity index (χ0) is 13.1. The van der Waals surface area contributed by atoms with Gasteiger partial charge in [0, 0.05) is 13.1 Å². The van der Waals surface area contributed by atoms with Gasteiger partial charge in [-0.2, -0.15) is 0 Å². The summed E-state index contributed by atoms with van der Waals surface area (Å²) in [6.07, 6.45) is 1.52. The van der Waals surface area contributed by atoms with Crippen molar-refractivity contribution in [3.05, 3.63) is 35.4 Å². The van der Waals surface area contributed by atoms with E-state index in [4.69, 9.17) is 11.6 Å². The van der Waals surface area contributed by atoms with Gasteiger partial charge in [0.05, 0.1) is 0 Å². The largest absolute Gasteiger partial charge is 0.342 e. The van der Waals surface area contributed by atoms with E-state index in [0.29, 0.717) is 13.1 Å². The maximum absolute atomic E-state index is 13.1. The SMILES string of the molecule is O=C(CCl)N1CCC(c2ccc(F)c(F)c2)CC1. The summed E-state index contributed by atoms with van der Waals surface area (Å²) < 4.78 is 26.0. The quantitative estimate of drug-likeness (QED) is 0.759. The number of carbonyl (C=O) groups is 1. The van der Waals surface area contributed by atoms with Crippen molar-refractivity contribution in [1.29, 1.82) is 0 Å². The molecule has 0 saturated carbocycles. The molecule has 1 aliphatic heterocycles. The van der Waals surface area contributed by atoms with Crippen LogP contribution in [0, 0.1) is 11.6 Å². The predicted octanol–water partition coefficient (Wildman–Crippen LogP) is 2.91. The highest BCUT2D eigenvalue weighted by Crippen LogP contribution is 2.28. The molecular weight excluding hydrogens is 260 g/mol. The molecule has 0 radical (unpaired) electrons. The lowest BCUT2D eigenvalue weighted by molar-refractivity contribution is -0.129. The van der Waals surface area contributed by atoms with E-state index in [1.54, 1.807) is 11.0 Å². The monoisotopic (exact) mass is 273 g/mol. The zero-order valence-electron chi connectivity index (χ0n) is 9.83. The van der Waals surface area contributed by atoms with Crippen LogP contribution in [0.5, 0.6) is 0 Å². The molecule has 1 aliphatic rings. The number of likely N-dealkylation sites (tertiary alicyclic amines) is 1. The molecule has 0 aromatic heterocycles. The van der Waals surface area contributed by atoms with E-state index in [9.17, 15) is 13.6 Å². The molecule has 2 rings (SSSR count). The van der Waals surface area contributed by atoms with Crippen LogP contribution < -0.4 is 0 Å². The first-order valence-corrected chi connectivity index (χ1v) is 6.44.